The Morgan fingerprint density at radius 3 is 2.20 bits per heavy atom. The number of carbonyl (C=O) groups excluding carboxylic acids is 2. The van der Waals surface area contributed by atoms with Gasteiger partial charge in [-0.3, -0.25) is 0 Å². The van der Waals surface area contributed by atoms with Crippen molar-refractivity contribution in [1.82, 2.24) is 0 Å². The zero-order chi connectivity index (χ0) is 15.1. The minimum atomic E-state index is -1.07. The maximum Gasteiger partial charge on any atom is 0.386 e. The lowest BCUT2D eigenvalue weighted by Gasteiger charge is -2.05. The molecule has 0 fully saturated rings. The van der Waals surface area contributed by atoms with Crippen molar-refractivity contribution in [1.29, 1.82) is 0 Å². The molecule has 0 saturated carbocycles. The fourth-order valence-electron chi connectivity index (χ4n) is 1.42. The molecule has 0 amide bonds. The Balaban J connectivity index is 2.53. The van der Waals surface area contributed by atoms with Crippen LogP contribution < -0.4 is 0 Å². The zero-order valence-corrected chi connectivity index (χ0v) is 11.0. The Kier molecular flexibility index (Phi) is 5.64. The van der Waals surface area contributed by atoms with E-state index >= 15 is 0 Å². The first kappa shape index (κ1) is 15.6. The maximum absolute atomic E-state index is 11.5. The molecule has 0 spiro atoms. The fourth-order valence-corrected chi connectivity index (χ4v) is 1.42. The molecule has 0 unspecified atom stereocenters. The number of phenols is 3. The van der Waals surface area contributed by atoms with Crippen molar-refractivity contribution in [2.75, 3.05) is 0 Å². The smallest absolute Gasteiger partial charge is 0.386 e. The van der Waals surface area contributed by atoms with Gasteiger partial charge in [0.1, 0.15) is 0 Å². The molecule has 7 nitrogen and oxygen atoms in total. The molecule has 1 rings (SSSR count). The highest BCUT2D eigenvalue weighted by atomic mass is 17.2. The van der Waals surface area contributed by atoms with Gasteiger partial charge >= 0.3 is 11.9 Å². The highest BCUT2D eigenvalue weighted by Gasteiger charge is 2.17. The molecule has 0 aliphatic rings. The Morgan fingerprint density at radius 2 is 1.65 bits per heavy atom. The van der Waals surface area contributed by atoms with Crippen LogP contribution in [0, 0.1) is 0 Å². The van der Waals surface area contributed by atoms with Crippen LogP contribution in [0.15, 0.2) is 12.1 Å². The Labute approximate surface area is 115 Å². The summed E-state index contributed by atoms with van der Waals surface area (Å²) in [5, 5.41) is 27.6. The molecule has 0 atom stereocenters. The standard InChI is InChI=1S/C13H16O7/c1-2-3-4-5-11(16)19-20-13(18)8-6-9(14)12(17)10(15)7-8/h6-7,14-15,17H,2-5H2,1H3. The lowest BCUT2D eigenvalue weighted by Crippen LogP contribution is -2.11. The van der Waals surface area contributed by atoms with Crippen LogP contribution in [-0.4, -0.2) is 27.3 Å². The Morgan fingerprint density at radius 1 is 1.05 bits per heavy atom. The first-order chi connectivity index (χ1) is 9.45. The van der Waals surface area contributed by atoms with E-state index in [1.54, 1.807) is 0 Å². The van der Waals surface area contributed by atoms with Crippen LogP contribution in [0.5, 0.6) is 17.2 Å². The summed E-state index contributed by atoms with van der Waals surface area (Å²) in [7, 11) is 0. The molecule has 0 aromatic heterocycles. The molecular formula is C13H16O7. The lowest BCUT2D eigenvalue weighted by molar-refractivity contribution is -0.234. The first-order valence-electron chi connectivity index (χ1n) is 6.12. The Hall–Kier alpha value is -2.44. The first-order valence-corrected chi connectivity index (χ1v) is 6.12. The number of rotatable bonds is 5. The van der Waals surface area contributed by atoms with E-state index in [2.05, 4.69) is 9.78 Å². The number of unbranched alkanes of at least 4 members (excludes halogenated alkanes) is 2. The van der Waals surface area contributed by atoms with Crippen LogP contribution in [0.25, 0.3) is 0 Å². The van der Waals surface area contributed by atoms with Crippen molar-refractivity contribution < 1.29 is 34.7 Å². The fraction of sp³-hybridized carbons (Fsp3) is 0.385. The number of phenolic OH excluding ortho intramolecular Hbond substituents is 3. The van der Waals surface area contributed by atoms with Gasteiger partial charge in [0.2, 0.25) is 0 Å². The molecule has 3 N–H and O–H groups in total. The van der Waals surface area contributed by atoms with Crippen molar-refractivity contribution in [3.8, 4) is 17.2 Å². The molecule has 110 valence electrons. The molecule has 0 aliphatic heterocycles. The second kappa shape index (κ2) is 7.22. The van der Waals surface area contributed by atoms with E-state index in [0.29, 0.717) is 6.42 Å². The summed E-state index contributed by atoms with van der Waals surface area (Å²) in [4.78, 5) is 31.3. The average Bonchev–Trinajstić information content (AvgIpc) is 2.41. The normalized spacial score (nSPS) is 10.1. The SMILES string of the molecule is CCCCCC(=O)OOC(=O)c1cc(O)c(O)c(O)c1. The number of hydrogen-bond donors (Lipinski definition) is 3. The monoisotopic (exact) mass is 284 g/mol. The van der Waals surface area contributed by atoms with Gasteiger partial charge in [-0.15, -0.1) is 0 Å². The molecule has 0 radical (unpaired) electrons. The summed E-state index contributed by atoms with van der Waals surface area (Å²) in [5.41, 5.74) is -0.265. The second-order valence-electron chi connectivity index (χ2n) is 4.15. The van der Waals surface area contributed by atoms with E-state index in [9.17, 15) is 19.8 Å². The van der Waals surface area contributed by atoms with E-state index in [1.165, 1.54) is 0 Å². The lowest BCUT2D eigenvalue weighted by atomic mass is 10.2. The average molecular weight is 284 g/mol. The third-order valence-electron chi connectivity index (χ3n) is 2.50. The van der Waals surface area contributed by atoms with Crippen molar-refractivity contribution in [3.05, 3.63) is 17.7 Å². The van der Waals surface area contributed by atoms with Crippen molar-refractivity contribution in [3.63, 3.8) is 0 Å². The van der Waals surface area contributed by atoms with Crippen LogP contribution >= 0.6 is 0 Å². The molecule has 0 aliphatic carbocycles. The molecule has 1 aromatic rings. The van der Waals surface area contributed by atoms with Crippen molar-refractivity contribution in [2.24, 2.45) is 0 Å². The van der Waals surface area contributed by atoms with E-state index in [1.807, 2.05) is 6.92 Å². The van der Waals surface area contributed by atoms with Gasteiger partial charge < -0.3 is 15.3 Å². The summed E-state index contributed by atoms with van der Waals surface area (Å²) in [6.45, 7) is 1.98. The predicted octanol–water partition coefficient (Wildman–Crippen LogP) is 2.00. The van der Waals surface area contributed by atoms with Crippen LogP contribution in [0.4, 0.5) is 0 Å². The van der Waals surface area contributed by atoms with Crippen molar-refractivity contribution >= 4 is 11.9 Å². The third-order valence-corrected chi connectivity index (χ3v) is 2.50. The van der Waals surface area contributed by atoms with Gasteiger partial charge in [-0.05, 0) is 18.6 Å². The largest absolute Gasteiger partial charge is 0.504 e. The highest BCUT2D eigenvalue weighted by molar-refractivity contribution is 5.91. The molecule has 20 heavy (non-hydrogen) atoms. The zero-order valence-electron chi connectivity index (χ0n) is 11.0. The molecule has 1 aromatic carbocycles. The summed E-state index contributed by atoms with van der Waals surface area (Å²) in [6, 6.07) is 1.75. The van der Waals surface area contributed by atoms with Crippen LogP contribution in [-0.2, 0) is 14.6 Å². The molecule has 0 bridgehead atoms. The van der Waals surface area contributed by atoms with E-state index in [-0.39, 0.29) is 12.0 Å². The molecule has 0 saturated heterocycles. The summed E-state index contributed by atoms with van der Waals surface area (Å²) in [6.07, 6.45) is 2.57. The number of benzene rings is 1. The van der Waals surface area contributed by atoms with Crippen LogP contribution in [0.2, 0.25) is 0 Å². The van der Waals surface area contributed by atoms with Crippen LogP contribution in [0.1, 0.15) is 43.0 Å². The number of hydrogen-bond acceptors (Lipinski definition) is 7. The van der Waals surface area contributed by atoms with E-state index < -0.39 is 29.2 Å². The molecular weight excluding hydrogens is 268 g/mol. The molecule has 0 heterocycles. The topological polar surface area (TPSA) is 113 Å². The van der Waals surface area contributed by atoms with E-state index in [4.69, 9.17) is 5.11 Å². The maximum atomic E-state index is 11.5. The number of aromatic hydroxyl groups is 3. The second-order valence-corrected chi connectivity index (χ2v) is 4.15. The predicted molar refractivity (Wildman–Crippen MR) is 67.1 cm³/mol. The summed E-state index contributed by atoms with van der Waals surface area (Å²) < 4.78 is 0. The minimum absolute atomic E-state index is 0.132. The highest BCUT2D eigenvalue weighted by Crippen LogP contribution is 2.35. The third kappa shape index (κ3) is 4.34. The van der Waals surface area contributed by atoms with Gasteiger partial charge in [0.25, 0.3) is 0 Å². The van der Waals surface area contributed by atoms with E-state index in [0.717, 1.165) is 25.0 Å². The van der Waals surface area contributed by atoms with Crippen molar-refractivity contribution in [2.45, 2.75) is 32.6 Å². The van der Waals surface area contributed by atoms with Gasteiger partial charge in [-0.1, -0.05) is 19.8 Å². The quantitative estimate of drug-likeness (QED) is 0.328. The molecule has 7 heteroatoms. The number of carbonyl (C=O) groups is 2. The van der Waals surface area contributed by atoms with Gasteiger partial charge in [0.15, 0.2) is 17.2 Å². The van der Waals surface area contributed by atoms with Gasteiger partial charge in [0, 0.05) is 0 Å². The van der Waals surface area contributed by atoms with Gasteiger partial charge in [-0.2, -0.15) is 0 Å². The van der Waals surface area contributed by atoms with Crippen LogP contribution in [0.3, 0.4) is 0 Å². The Bertz CT molecular complexity index is 472. The minimum Gasteiger partial charge on any atom is -0.504 e. The summed E-state index contributed by atoms with van der Waals surface area (Å²) in [5.74, 6) is -3.88. The van der Waals surface area contributed by atoms with Gasteiger partial charge in [0.05, 0.1) is 12.0 Å². The van der Waals surface area contributed by atoms with Gasteiger partial charge in [-0.25, -0.2) is 19.4 Å². The summed E-state index contributed by atoms with van der Waals surface area (Å²) >= 11 is 0.